The van der Waals surface area contributed by atoms with E-state index in [4.69, 9.17) is 9.84 Å². The van der Waals surface area contributed by atoms with Gasteiger partial charge in [0.15, 0.2) is 0 Å². The molecule has 1 amide bonds. The minimum absolute atomic E-state index is 0.0416. The summed E-state index contributed by atoms with van der Waals surface area (Å²) >= 11 is 0. The summed E-state index contributed by atoms with van der Waals surface area (Å²) in [6, 6.07) is 0. The van der Waals surface area contributed by atoms with E-state index in [-0.39, 0.29) is 13.0 Å². The molecule has 0 rings (SSSR count). The van der Waals surface area contributed by atoms with Gasteiger partial charge in [0.25, 0.3) is 0 Å². The molecule has 15 heavy (non-hydrogen) atoms. The van der Waals surface area contributed by atoms with E-state index in [9.17, 15) is 14.4 Å². The predicted octanol–water partition coefficient (Wildman–Crippen LogP) is -0.0810. The van der Waals surface area contributed by atoms with Gasteiger partial charge < -0.3 is 15.2 Å². The van der Waals surface area contributed by atoms with Crippen LogP contribution in [0.4, 0.5) is 0 Å². The number of carbonyl (C=O) groups excluding carboxylic acids is 2. The molecule has 0 aromatic carbocycles. The zero-order chi connectivity index (χ0) is 12.1. The Hall–Kier alpha value is -1.59. The molecular formula is C9H15NO5. The Morgan fingerprint density at radius 2 is 1.80 bits per heavy atom. The van der Waals surface area contributed by atoms with Crippen LogP contribution in [0, 0.1) is 0 Å². The van der Waals surface area contributed by atoms with E-state index < -0.39 is 23.4 Å². The van der Waals surface area contributed by atoms with Gasteiger partial charge in [-0.25, -0.2) is 4.79 Å². The van der Waals surface area contributed by atoms with Crippen molar-refractivity contribution >= 4 is 17.8 Å². The molecule has 0 heterocycles. The summed E-state index contributed by atoms with van der Waals surface area (Å²) in [5.41, 5.74) is -0.576. The summed E-state index contributed by atoms with van der Waals surface area (Å²) in [6.45, 7) is 5.13. The zero-order valence-electron chi connectivity index (χ0n) is 8.99. The van der Waals surface area contributed by atoms with Crippen molar-refractivity contribution in [2.45, 2.75) is 32.8 Å². The zero-order valence-corrected chi connectivity index (χ0v) is 8.99. The molecule has 0 aliphatic heterocycles. The number of rotatable bonds is 3. The SMILES string of the molecule is CC(C)(C)OC(=O)CCNC(=O)C(=O)O. The molecule has 0 radical (unpaired) electrons. The van der Waals surface area contributed by atoms with Crippen molar-refractivity contribution in [3.63, 3.8) is 0 Å². The van der Waals surface area contributed by atoms with Crippen molar-refractivity contribution in [1.29, 1.82) is 0 Å². The van der Waals surface area contributed by atoms with E-state index in [1.165, 1.54) is 0 Å². The molecule has 86 valence electrons. The third kappa shape index (κ3) is 7.48. The van der Waals surface area contributed by atoms with Gasteiger partial charge in [-0.2, -0.15) is 0 Å². The second-order valence-electron chi connectivity index (χ2n) is 3.90. The molecule has 2 N–H and O–H groups in total. The van der Waals surface area contributed by atoms with Crippen LogP contribution in [0.2, 0.25) is 0 Å². The monoisotopic (exact) mass is 217 g/mol. The number of carboxylic acid groups (broad SMARTS) is 1. The number of carboxylic acids is 1. The molecule has 6 nitrogen and oxygen atoms in total. The van der Waals surface area contributed by atoms with Crippen LogP contribution in [0.1, 0.15) is 27.2 Å². The molecule has 6 heteroatoms. The van der Waals surface area contributed by atoms with Crippen LogP contribution in [-0.2, 0) is 19.1 Å². The maximum atomic E-state index is 11.1. The van der Waals surface area contributed by atoms with Gasteiger partial charge >= 0.3 is 17.8 Å². The molecule has 0 aromatic rings. The largest absolute Gasteiger partial charge is 0.474 e. The summed E-state index contributed by atoms with van der Waals surface area (Å²) in [5, 5.41) is 10.3. The first-order chi connectivity index (χ1) is 6.72. The molecule has 0 unspecified atom stereocenters. The molecule has 0 atom stereocenters. The lowest BCUT2D eigenvalue weighted by Gasteiger charge is -2.19. The molecule has 0 fully saturated rings. The lowest BCUT2D eigenvalue weighted by Crippen LogP contribution is -2.33. The summed E-state index contributed by atoms with van der Waals surface area (Å²) in [5.74, 6) is -3.18. The van der Waals surface area contributed by atoms with Crippen LogP contribution in [0.25, 0.3) is 0 Å². The van der Waals surface area contributed by atoms with Crippen LogP contribution in [0.3, 0.4) is 0 Å². The molecule has 0 spiro atoms. The van der Waals surface area contributed by atoms with Crippen molar-refractivity contribution in [3.05, 3.63) is 0 Å². The fraction of sp³-hybridized carbons (Fsp3) is 0.667. The number of amides is 1. The highest BCUT2D eigenvalue weighted by molar-refractivity contribution is 6.31. The second-order valence-corrected chi connectivity index (χ2v) is 3.90. The fourth-order valence-electron chi connectivity index (χ4n) is 0.746. The number of hydrogen-bond acceptors (Lipinski definition) is 4. The second kappa shape index (κ2) is 5.33. The molecule has 0 bridgehead atoms. The summed E-state index contributed by atoms with van der Waals surface area (Å²) in [6.07, 6.45) is -0.0453. The average Bonchev–Trinajstić information content (AvgIpc) is 2.00. The van der Waals surface area contributed by atoms with Crippen LogP contribution < -0.4 is 5.32 Å². The smallest absolute Gasteiger partial charge is 0.394 e. The first-order valence-corrected chi connectivity index (χ1v) is 4.45. The van der Waals surface area contributed by atoms with Gasteiger partial charge in [0.05, 0.1) is 6.42 Å². The van der Waals surface area contributed by atoms with Crippen molar-refractivity contribution in [1.82, 2.24) is 5.32 Å². The van der Waals surface area contributed by atoms with Gasteiger partial charge in [-0.1, -0.05) is 0 Å². The Morgan fingerprint density at radius 1 is 1.27 bits per heavy atom. The van der Waals surface area contributed by atoms with E-state index in [1.807, 2.05) is 0 Å². The summed E-state index contributed by atoms with van der Waals surface area (Å²) in [7, 11) is 0. The summed E-state index contributed by atoms with van der Waals surface area (Å²) in [4.78, 5) is 31.7. The van der Waals surface area contributed by atoms with Crippen molar-refractivity contribution in [3.8, 4) is 0 Å². The van der Waals surface area contributed by atoms with Gasteiger partial charge in [0, 0.05) is 6.54 Å². The number of ether oxygens (including phenoxy) is 1. The van der Waals surface area contributed by atoms with Crippen LogP contribution >= 0.6 is 0 Å². The van der Waals surface area contributed by atoms with Crippen LogP contribution in [0.5, 0.6) is 0 Å². The first-order valence-electron chi connectivity index (χ1n) is 4.45. The highest BCUT2D eigenvalue weighted by Gasteiger charge is 2.16. The van der Waals surface area contributed by atoms with Gasteiger partial charge in [0.2, 0.25) is 0 Å². The quantitative estimate of drug-likeness (QED) is 0.509. The Balaban J connectivity index is 3.74. The Kier molecular flexibility index (Phi) is 4.77. The van der Waals surface area contributed by atoms with Crippen molar-refractivity contribution in [2.75, 3.05) is 6.54 Å². The molecular weight excluding hydrogens is 202 g/mol. The van der Waals surface area contributed by atoms with Crippen molar-refractivity contribution < 1.29 is 24.2 Å². The van der Waals surface area contributed by atoms with Gasteiger partial charge in [-0.3, -0.25) is 9.59 Å². The number of carbonyl (C=O) groups is 3. The van der Waals surface area contributed by atoms with E-state index in [0.29, 0.717) is 0 Å². The molecule has 0 aliphatic carbocycles. The topological polar surface area (TPSA) is 92.7 Å². The maximum Gasteiger partial charge on any atom is 0.394 e. The number of esters is 1. The predicted molar refractivity (Wildman–Crippen MR) is 51.1 cm³/mol. The molecule has 0 aliphatic rings. The highest BCUT2D eigenvalue weighted by Crippen LogP contribution is 2.07. The third-order valence-electron chi connectivity index (χ3n) is 1.23. The molecule has 0 saturated heterocycles. The van der Waals surface area contributed by atoms with Gasteiger partial charge in [0.1, 0.15) is 5.60 Å². The van der Waals surface area contributed by atoms with Crippen LogP contribution in [-0.4, -0.2) is 35.1 Å². The Labute approximate surface area is 87.6 Å². The van der Waals surface area contributed by atoms with E-state index in [0.717, 1.165) is 0 Å². The van der Waals surface area contributed by atoms with Gasteiger partial charge in [-0.15, -0.1) is 0 Å². The van der Waals surface area contributed by atoms with E-state index >= 15 is 0 Å². The van der Waals surface area contributed by atoms with E-state index in [2.05, 4.69) is 5.32 Å². The van der Waals surface area contributed by atoms with Crippen LogP contribution in [0.15, 0.2) is 0 Å². The molecule has 0 aromatic heterocycles. The van der Waals surface area contributed by atoms with Crippen molar-refractivity contribution in [2.24, 2.45) is 0 Å². The number of aliphatic carboxylic acids is 1. The molecule has 0 saturated carbocycles. The minimum Gasteiger partial charge on any atom is -0.474 e. The number of nitrogens with one attached hydrogen (secondary N) is 1. The number of hydrogen-bond donors (Lipinski definition) is 2. The van der Waals surface area contributed by atoms with Gasteiger partial charge in [-0.05, 0) is 20.8 Å². The summed E-state index contributed by atoms with van der Waals surface area (Å²) < 4.78 is 4.94. The standard InChI is InChI=1S/C9H15NO5/c1-9(2,3)15-6(11)4-5-10-7(12)8(13)14/h4-5H2,1-3H3,(H,10,12)(H,13,14). The third-order valence-corrected chi connectivity index (χ3v) is 1.23. The fourth-order valence-corrected chi connectivity index (χ4v) is 0.746. The Morgan fingerprint density at radius 3 is 2.20 bits per heavy atom. The minimum atomic E-state index is -1.57. The Bertz CT molecular complexity index is 266. The lowest BCUT2D eigenvalue weighted by atomic mass is 10.2. The van der Waals surface area contributed by atoms with E-state index in [1.54, 1.807) is 20.8 Å². The first kappa shape index (κ1) is 13.4. The normalized spacial score (nSPS) is 10.6. The average molecular weight is 217 g/mol. The maximum absolute atomic E-state index is 11.1. The lowest BCUT2D eigenvalue weighted by molar-refractivity contribution is -0.155. The highest BCUT2D eigenvalue weighted by atomic mass is 16.6.